The fraction of sp³-hybridized carbons (Fsp3) is 0.312. The van der Waals surface area contributed by atoms with Gasteiger partial charge in [0.15, 0.2) is 0 Å². The number of aromatic nitrogens is 2. The van der Waals surface area contributed by atoms with Crippen molar-refractivity contribution < 1.29 is 4.79 Å². The van der Waals surface area contributed by atoms with Crippen molar-refractivity contribution in [1.29, 1.82) is 0 Å². The summed E-state index contributed by atoms with van der Waals surface area (Å²) in [5, 5.41) is 6.77. The standard InChI is InChI=1S/C16H18Cl2N4O/c1-4-9(2)19-16-20-10(3)7-14(22-16)15(23)21-13-6-5-11(17)8-12(13)18/h5-9H,4H2,1-3H3,(H,21,23)(H,19,20,22). The van der Waals surface area contributed by atoms with Crippen molar-refractivity contribution in [2.45, 2.75) is 33.2 Å². The Morgan fingerprint density at radius 2 is 2.00 bits per heavy atom. The normalized spacial score (nSPS) is 11.9. The van der Waals surface area contributed by atoms with Crippen molar-refractivity contribution in [1.82, 2.24) is 9.97 Å². The van der Waals surface area contributed by atoms with Gasteiger partial charge in [-0.25, -0.2) is 9.97 Å². The molecule has 2 rings (SSSR count). The number of hydrogen-bond acceptors (Lipinski definition) is 4. The van der Waals surface area contributed by atoms with Crippen LogP contribution in [0.5, 0.6) is 0 Å². The molecule has 23 heavy (non-hydrogen) atoms. The van der Waals surface area contributed by atoms with Gasteiger partial charge >= 0.3 is 0 Å². The van der Waals surface area contributed by atoms with Gasteiger partial charge in [0, 0.05) is 16.8 Å². The monoisotopic (exact) mass is 352 g/mol. The quantitative estimate of drug-likeness (QED) is 0.827. The highest BCUT2D eigenvalue weighted by Gasteiger charge is 2.13. The first kappa shape index (κ1) is 17.5. The van der Waals surface area contributed by atoms with Crippen molar-refractivity contribution in [2.24, 2.45) is 0 Å². The number of amides is 1. The molecule has 0 saturated carbocycles. The summed E-state index contributed by atoms with van der Waals surface area (Å²) in [7, 11) is 0. The van der Waals surface area contributed by atoms with E-state index in [1.165, 1.54) is 0 Å². The van der Waals surface area contributed by atoms with Gasteiger partial charge in [0.25, 0.3) is 5.91 Å². The molecule has 1 aromatic heterocycles. The average molecular weight is 353 g/mol. The molecular weight excluding hydrogens is 335 g/mol. The van der Waals surface area contributed by atoms with Crippen LogP contribution in [-0.2, 0) is 0 Å². The molecular formula is C16H18Cl2N4O. The lowest BCUT2D eigenvalue weighted by Crippen LogP contribution is -2.19. The van der Waals surface area contributed by atoms with E-state index in [-0.39, 0.29) is 17.6 Å². The molecule has 0 radical (unpaired) electrons. The first-order valence-electron chi connectivity index (χ1n) is 7.27. The molecule has 1 aromatic carbocycles. The van der Waals surface area contributed by atoms with E-state index in [1.54, 1.807) is 24.3 Å². The highest BCUT2D eigenvalue weighted by molar-refractivity contribution is 6.36. The molecule has 0 bridgehead atoms. The van der Waals surface area contributed by atoms with E-state index >= 15 is 0 Å². The van der Waals surface area contributed by atoms with Crippen molar-refractivity contribution in [3.05, 3.63) is 45.7 Å². The zero-order valence-electron chi connectivity index (χ0n) is 13.2. The molecule has 1 heterocycles. The van der Waals surface area contributed by atoms with Crippen LogP contribution in [0.4, 0.5) is 11.6 Å². The van der Waals surface area contributed by atoms with E-state index in [9.17, 15) is 4.79 Å². The van der Waals surface area contributed by atoms with Crippen molar-refractivity contribution in [3.8, 4) is 0 Å². The fourth-order valence-corrected chi connectivity index (χ4v) is 2.30. The predicted octanol–water partition coefficient (Wildman–Crippen LogP) is 4.55. The van der Waals surface area contributed by atoms with Crippen LogP contribution >= 0.6 is 23.2 Å². The molecule has 0 aliphatic heterocycles. The summed E-state index contributed by atoms with van der Waals surface area (Å²) in [6, 6.07) is 6.72. The summed E-state index contributed by atoms with van der Waals surface area (Å²) in [6.07, 6.45) is 0.930. The van der Waals surface area contributed by atoms with Gasteiger partial charge in [-0.3, -0.25) is 4.79 Å². The summed E-state index contributed by atoms with van der Waals surface area (Å²) in [5.74, 6) is 0.0821. The Morgan fingerprint density at radius 1 is 1.26 bits per heavy atom. The molecule has 5 nitrogen and oxygen atoms in total. The molecule has 0 fully saturated rings. The van der Waals surface area contributed by atoms with Crippen LogP contribution in [0.15, 0.2) is 24.3 Å². The van der Waals surface area contributed by atoms with Crippen LogP contribution < -0.4 is 10.6 Å². The van der Waals surface area contributed by atoms with Gasteiger partial charge in [0.05, 0.1) is 10.7 Å². The number of benzene rings is 1. The molecule has 2 N–H and O–H groups in total. The first-order chi connectivity index (χ1) is 10.9. The maximum absolute atomic E-state index is 12.4. The summed E-state index contributed by atoms with van der Waals surface area (Å²) >= 11 is 11.9. The second kappa shape index (κ2) is 7.62. The Morgan fingerprint density at radius 3 is 2.65 bits per heavy atom. The minimum absolute atomic E-state index is 0.221. The van der Waals surface area contributed by atoms with E-state index < -0.39 is 0 Å². The molecule has 1 unspecified atom stereocenters. The molecule has 1 amide bonds. The van der Waals surface area contributed by atoms with E-state index in [4.69, 9.17) is 23.2 Å². The number of carbonyl (C=O) groups is 1. The molecule has 7 heteroatoms. The summed E-state index contributed by atoms with van der Waals surface area (Å²) < 4.78 is 0. The third-order valence-corrected chi connectivity index (χ3v) is 3.80. The third kappa shape index (κ3) is 4.81. The van der Waals surface area contributed by atoms with Gasteiger partial charge in [-0.1, -0.05) is 30.1 Å². The lowest BCUT2D eigenvalue weighted by atomic mass is 10.2. The molecule has 0 aliphatic carbocycles. The van der Waals surface area contributed by atoms with Crippen molar-refractivity contribution in [3.63, 3.8) is 0 Å². The number of hydrogen-bond donors (Lipinski definition) is 2. The zero-order valence-corrected chi connectivity index (χ0v) is 14.7. The van der Waals surface area contributed by atoms with Gasteiger partial charge in [0.1, 0.15) is 5.69 Å². The summed E-state index contributed by atoms with van der Waals surface area (Å²) in [4.78, 5) is 20.9. The van der Waals surface area contributed by atoms with Crippen molar-refractivity contribution >= 4 is 40.7 Å². The van der Waals surface area contributed by atoms with Crippen LogP contribution in [0.1, 0.15) is 36.5 Å². The number of carbonyl (C=O) groups excluding carboxylic acids is 1. The molecule has 122 valence electrons. The topological polar surface area (TPSA) is 66.9 Å². The Bertz CT molecular complexity index is 721. The number of rotatable bonds is 5. The predicted molar refractivity (Wildman–Crippen MR) is 94.6 cm³/mol. The molecule has 2 aromatic rings. The van der Waals surface area contributed by atoms with Gasteiger partial charge in [-0.2, -0.15) is 0 Å². The highest BCUT2D eigenvalue weighted by Crippen LogP contribution is 2.25. The number of anilines is 2. The minimum Gasteiger partial charge on any atom is -0.352 e. The Balaban J connectivity index is 2.21. The Hall–Kier alpha value is -1.85. The average Bonchev–Trinajstić information content (AvgIpc) is 2.49. The van der Waals surface area contributed by atoms with Crippen LogP contribution in [0.2, 0.25) is 10.0 Å². The highest BCUT2D eigenvalue weighted by atomic mass is 35.5. The van der Waals surface area contributed by atoms with E-state index in [0.29, 0.717) is 27.4 Å². The number of nitrogens with zero attached hydrogens (tertiary/aromatic N) is 2. The van der Waals surface area contributed by atoms with E-state index in [2.05, 4.69) is 27.5 Å². The second-order valence-electron chi connectivity index (χ2n) is 5.25. The van der Waals surface area contributed by atoms with E-state index in [0.717, 1.165) is 6.42 Å². The van der Waals surface area contributed by atoms with E-state index in [1.807, 2.05) is 13.8 Å². The number of halogens is 2. The first-order valence-corrected chi connectivity index (χ1v) is 8.03. The number of aryl methyl sites for hydroxylation is 1. The van der Waals surface area contributed by atoms with Gasteiger partial charge < -0.3 is 10.6 Å². The fourth-order valence-electron chi connectivity index (χ4n) is 1.85. The van der Waals surface area contributed by atoms with Gasteiger partial charge in [-0.15, -0.1) is 0 Å². The van der Waals surface area contributed by atoms with Crippen LogP contribution in [0.3, 0.4) is 0 Å². The van der Waals surface area contributed by atoms with Crippen LogP contribution in [-0.4, -0.2) is 21.9 Å². The smallest absolute Gasteiger partial charge is 0.274 e. The molecule has 0 saturated heterocycles. The summed E-state index contributed by atoms with van der Waals surface area (Å²) in [6.45, 7) is 5.90. The Labute approximate surface area is 145 Å². The summed E-state index contributed by atoms with van der Waals surface area (Å²) in [5.41, 5.74) is 1.46. The number of nitrogens with one attached hydrogen (secondary N) is 2. The Kier molecular flexibility index (Phi) is 5.80. The van der Waals surface area contributed by atoms with Crippen LogP contribution in [0, 0.1) is 6.92 Å². The molecule has 0 spiro atoms. The van der Waals surface area contributed by atoms with Gasteiger partial charge in [0.2, 0.25) is 5.95 Å². The lowest BCUT2D eigenvalue weighted by Gasteiger charge is -2.13. The molecule has 0 aliphatic rings. The maximum Gasteiger partial charge on any atom is 0.274 e. The van der Waals surface area contributed by atoms with Gasteiger partial charge in [-0.05, 0) is 44.5 Å². The SMILES string of the molecule is CCC(C)Nc1nc(C)cc(C(=O)Nc2ccc(Cl)cc2Cl)n1. The van der Waals surface area contributed by atoms with Crippen LogP contribution in [0.25, 0.3) is 0 Å². The third-order valence-electron chi connectivity index (χ3n) is 3.25. The minimum atomic E-state index is -0.355. The van der Waals surface area contributed by atoms with Crippen molar-refractivity contribution in [2.75, 3.05) is 10.6 Å². The largest absolute Gasteiger partial charge is 0.352 e. The maximum atomic E-state index is 12.4. The lowest BCUT2D eigenvalue weighted by molar-refractivity contribution is 0.102. The second-order valence-corrected chi connectivity index (χ2v) is 6.09. The molecule has 1 atom stereocenters. The zero-order chi connectivity index (χ0) is 17.0.